The van der Waals surface area contributed by atoms with Crippen LogP contribution in [0.3, 0.4) is 0 Å². The molecule has 138 valence electrons. The lowest BCUT2D eigenvalue weighted by Crippen LogP contribution is -2.53. The molecular formula is C16H14F3N3O4. The molecule has 1 heterocycles. The molecule has 2 aromatic rings. The highest BCUT2D eigenvalue weighted by atomic mass is 19.3. The van der Waals surface area contributed by atoms with E-state index in [1.165, 1.54) is 12.3 Å². The SMILES string of the molecule is O=C(O)NC1CC(NC(=O)c2cnc3cc(OC(F)F)c(F)cc3c2)C1. The Labute approximate surface area is 145 Å². The molecule has 3 rings (SSSR count). The maximum absolute atomic E-state index is 13.8. The molecule has 1 aromatic carbocycles. The van der Waals surface area contributed by atoms with Crippen LogP contribution in [0.2, 0.25) is 0 Å². The lowest BCUT2D eigenvalue weighted by molar-refractivity contribution is -0.0520. The molecule has 26 heavy (non-hydrogen) atoms. The fourth-order valence-electron chi connectivity index (χ4n) is 2.74. The van der Waals surface area contributed by atoms with Crippen LogP contribution in [0.4, 0.5) is 18.0 Å². The standard InChI is InChI=1S/C16H14F3N3O4/c17-11-2-7-1-8(6-20-12(7)5-13(11)26-15(18)19)14(23)21-9-3-10(4-9)22-16(24)25/h1-2,5-6,9-10,15,22H,3-4H2,(H,21,23)(H,24,25). The van der Waals surface area contributed by atoms with Gasteiger partial charge >= 0.3 is 12.7 Å². The van der Waals surface area contributed by atoms with Crippen LogP contribution in [0, 0.1) is 5.82 Å². The third kappa shape index (κ3) is 3.95. The highest BCUT2D eigenvalue weighted by Gasteiger charge is 2.31. The summed E-state index contributed by atoms with van der Waals surface area (Å²) in [5, 5.41) is 13.9. The van der Waals surface area contributed by atoms with E-state index in [0.29, 0.717) is 12.8 Å². The summed E-state index contributed by atoms with van der Waals surface area (Å²) >= 11 is 0. The number of carboxylic acid groups (broad SMARTS) is 1. The van der Waals surface area contributed by atoms with Crippen LogP contribution >= 0.6 is 0 Å². The summed E-state index contributed by atoms with van der Waals surface area (Å²) in [5.41, 5.74) is 0.377. The van der Waals surface area contributed by atoms with Crippen molar-refractivity contribution in [2.45, 2.75) is 31.5 Å². The van der Waals surface area contributed by atoms with E-state index in [0.717, 1.165) is 12.1 Å². The first-order valence-corrected chi connectivity index (χ1v) is 7.66. The molecule has 0 bridgehead atoms. The van der Waals surface area contributed by atoms with E-state index in [-0.39, 0.29) is 28.6 Å². The van der Waals surface area contributed by atoms with Gasteiger partial charge in [-0.25, -0.2) is 9.18 Å². The number of halogens is 3. The molecule has 1 aliphatic carbocycles. The van der Waals surface area contributed by atoms with Crippen molar-refractivity contribution in [1.29, 1.82) is 0 Å². The second-order valence-electron chi connectivity index (χ2n) is 5.87. The van der Waals surface area contributed by atoms with E-state index < -0.39 is 30.2 Å². The molecule has 0 aliphatic heterocycles. The van der Waals surface area contributed by atoms with Gasteiger partial charge < -0.3 is 20.5 Å². The quantitative estimate of drug-likeness (QED) is 0.752. The number of carbonyl (C=O) groups excluding carboxylic acids is 1. The summed E-state index contributed by atoms with van der Waals surface area (Å²) in [4.78, 5) is 26.7. The van der Waals surface area contributed by atoms with Crippen LogP contribution in [0.5, 0.6) is 5.75 Å². The zero-order valence-electron chi connectivity index (χ0n) is 13.2. The summed E-state index contributed by atoms with van der Waals surface area (Å²) in [6.07, 6.45) is 1.08. The number of aromatic nitrogens is 1. The summed E-state index contributed by atoms with van der Waals surface area (Å²) < 4.78 is 42.3. The summed E-state index contributed by atoms with van der Waals surface area (Å²) in [5.74, 6) is -2.05. The van der Waals surface area contributed by atoms with Crippen LogP contribution in [0.25, 0.3) is 10.9 Å². The van der Waals surface area contributed by atoms with E-state index in [4.69, 9.17) is 5.11 Å². The number of ether oxygens (including phenoxy) is 1. The molecule has 1 fully saturated rings. The Morgan fingerprint density at radius 1 is 1.19 bits per heavy atom. The lowest BCUT2D eigenvalue weighted by atomic mass is 9.86. The summed E-state index contributed by atoms with van der Waals surface area (Å²) in [6, 6.07) is 3.02. The van der Waals surface area contributed by atoms with Crippen molar-refractivity contribution in [3.05, 3.63) is 35.8 Å². The van der Waals surface area contributed by atoms with Gasteiger partial charge in [0.1, 0.15) is 0 Å². The smallest absolute Gasteiger partial charge is 0.404 e. The maximum Gasteiger partial charge on any atom is 0.404 e. The zero-order valence-corrected chi connectivity index (χ0v) is 13.2. The predicted molar refractivity (Wildman–Crippen MR) is 83.8 cm³/mol. The molecule has 1 aliphatic rings. The highest BCUT2D eigenvalue weighted by Crippen LogP contribution is 2.26. The van der Waals surface area contributed by atoms with Crippen molar-refractivity contribution < 1.29 is 32.6 Å². The Morgan fingerprint density at radius 2 is 1.88 bits per heavy atom. The van der Waals surface area contributed by atoms with E-state index in [9.17, 15) is 22.8 Å². The summed E-state index contributed by atoms with van der Waals surface area (Å²) in [7, 11) is 0. The van der Waals surface area contributed by atoms with Crippen LogP contribution in [0.1, 0.15) is 23.2 Å². The van der Waals surface area contributed by atoms with Gasteiger partial charge in [0.15, 0.2) is 11.6 Å². The van der Waals surface area contributed by atoms with Gasteiger partial charge in [-0.2, -0.15) is 8.78 Å². The Hall–Kier alpha value is -3.04. The average Bonchev–Trinajstić information content (AvgIpc) is 2.52. The number of benzene rings is 1. The number of amides is 2. The molecule has 7 nitrogen and oxygen atoms in total. The topological polar surface area (TPSA) is 101 Å². The minimum atomic E-state index is -3.16. The Kier molecular flexibility index (Phi) is 4.83. The Morgan fingerprint density at radius 3 is 2.54 bits per heavy atom. The van der Waals surface area contributed by atoms with Gasteiger partial charge in [0.25, 0.3) is 5.91 Å². The van der Waals surface area contributed by atoms with Gasteiger partial charge in [-0.3, -0.25) is 9.78 Å². The van der Waals surface area contributed by atoms with E-state index in [1.807, 2.05) is 0 Å². The number of nitrogens with one attached hydrogen (secondary N) is 2. The second-order valence-corrected chi connectivity index (χ2v) is 5.87. The zero-order chi connectivity index (χ0) is 18.8. The maximum atomic E-state index is 13.8. The molecule has 1 saturated carbocycles. The van der Waals surface area contributed by atoms with Gasteiger partial charge in [-0.05, 0) is 25.0 Å². The van der Waals surface area contributed by atoms with Crippen LogP contribution in [-0.2, 0) is 0 Å². The Balaban J connectivity index is 1.69. The lowest BCUT2D eigenvalue weighted by Gasteiger charge is -2.35. The first-order valence-electron chi connectivity index (χ1n) is 7.66. The fraction of sp³-hybridized carbons (Fsp3) is 0.312. The number of hydrogen-bond donors (Lipinski definition) is 3. The molecule has 10 heteroatoms. The molecule has 3 N–H and O–H groups in total. The molecule has 0 saturated heterocycles. The normalized spacial score (nSPS) is 19.1. The van der Waals surface area contributed by atoms with E-state index in [2.05, 4.69) is 20.4 Å². The van der Waals surface area contributed by atoms with E-state index in [1.54, 1.807) is 0 Å². The number of fused-ring (bicyclic) bond motifs is 1. The fourth-order valence-corrected chi connectivity index (χ4v) is 2.74. The number of hydrogen-bond acceptors (Lipinski definition) is 4. The molecule has 0 spiro atoms. The van der Waals surface area contributed by atoms with E-state index >= 15 is 0 Å². The minimum Gasteiger partial charge on any atom is -0.465 e. The highest BCUT2D eigenvalue weighted by molar-refractivity contribution is 5.97. The predicted octanol–water partition coefficient (Wildman–Crippen LogP) is 2.50. The van der Waals surface area contributed by atoms with Crippen molar-refractivity contribution in [3.8, 4) is 5.75 Å². The van der Waals surface area contributed by atoms with Crippen molar-refractivity contribution in [3.63, 3.8) is 0 Å². The number of nitrogens with zero attached hydrogens (tertiary/aromatic N) is 1. The molecule has 0 atom stereocenters. The molecule has 0 unspecified atom stereocenters. The van der Waals surface area contributed by atoms with Crippen molar-refractivity contribution in [1.82, 2.24) is 15.6 Å². The largest absolute Gasteiger partial charge is 0.465 e. The first-order chi connectivity index (χ1) is 12.3. The monoisotopic (exact) mass is 369 g/mol. The van der Waals surface area contributed by atoms with Crippen LogP contribution in [0.15, 0.2) is 24.4 Å². The van der Waals surface area contributed by atoms with Crippen LogP contribution in [-0.4, -0.2) is 40.8 Å². The van der Waals surface area contributed by atoms with Crippen molar-refractivity contribution >= 4 is 22.9 Å². The number of alkyl halides is 2. The first kappa shape index (κ1) is 17.8. The average molecular weight is 369 g/mol. The number of pyridine rings is 1. The molecule has 2 amide bonds. The van der Waals surface area contributed by atoms with Crippen molar-refractivity contribution in [2.24, 2.45) is 0 Å². The van der Waals surface area contributed by atoms with Gasteiger partial charge in [0, 0.05) is 29.7 Å². The number of rotatable bonds is 5. The van der Waals surface area contributed by atoms with Gasteiger partial charge in [0.05, 0.1) is 11.1 Å². The third-order valence-corrected chi connectivity index (χ3v) is 4.01. The van der Waals surface area contributed by atoms with Gasteiger partial charge in [-0.1, -0.05) is 0 Å². The third-order valence-electron chi connectivity index (χ3n) is 4.01. The molecular weight excluding hydrogens is 355 g/mol. The van der Waals surface area contributed by atoms with Gasteiger partial charge in [0.2, 0.25) is 0 Å². The molecule has 1 aromatic heterocycles. The Bertz CT molecular complexity index is 856. The van der Waals surface area contributed by atoms with Crippen LogP contribution < -0.4 is 15.4 Å². The minimum absolute atomic E-state index is 0.173. The second kappa shape index (κ2) is 7.06. The molecule has 0 radical (unpaired) electrons. The van der Waals surface area contributed by atoms with Crippen molar-refractivity contribution in [2.75, 3.05) is 0 Å². The summed E-state index contributed by atoms with van der Waals surface area (Å²) in [6.45, 7) is -3.16. The number of carbonyl (C=O) groups is 2. The van der Waals surface area contributed by atoms with Gasteiger partial charge in [-0.15, -0.1) is 0 Å².